The van der Waals surface area contributed by atoms with Crippen LogP contribution in [0.1, 0.15) is 23.9 Å². The lowest BCUT2D eigenvalue weighted by atomic mass is 10.0. The summed E-state index contributed by atoms with van der Waals surface area (Å²) in [5.74, 6) is 1.93. The highest BCUT2D eigenvalue weighted by molar-refractivity contribution is 5.79. The molecule has 2 aromatic carbocycles. The molecule has 106 valence electrons. The van der Waals surface area contributed by atoms with Gasteiger partial charge in [0.25, 0.3) is 0 Å². The van der Waals surface area contributed by atoms with Crippen LogP contribution in [0, 0.1) is 6.92 Å². The molecule has 0 saturated carbocycles. The summed E-state index contributed by atoms with van der Waals surface area (Å²) in [6, 6.07) is 14.8. The van der Waals surface area contributed by atoms with E-state index in [0.717, 1.165) is 41.3 Å². The Bertz CT molecular complexity index is 794. The minimum atomic E-state index is 0.288. The van der Waals surface area contributed by atoms with Gasteiger partial charge in [-0.15, -0.1) is 0 Å². The number of fused-ring (bicyclic) bond motifs is 2. The first-order valence-electron chi connectivity index (χ1n) is 7.24. The first-order valence-corrected chi connectivity index (χ1v) is 7.24. The maximum absolute atomic E-state index is 5.71. The number of hydrogen-bond acceptors (Lipinski definition) is 3. The van der Waals surface area contributed by atoms with Crippen LogP contribution in [0.5, 0.6) is 5.75 Å². The Labute approximate surface area is 123 Å². The van der Waals surface area contributed by atoms with Gasteiger partial charge in [0, 0.05) is 17.7 Å². The van der Waals surface area contributed by atoms with Gasteiger partial charge in [0.2, 0.25) is 0 Å². The number of nitrogens with one attached hydrogen (secondary N) is 2. The van der Waals surface area contributed by atoms with Gasteiger partial charge in [-0.3, -0.25) is 0 Å². The second kappa shape index (κ2) is 4.81. The van der Waals surface area contributed by atoms with E-state index in [2.05, 4.69) is 39.6 Å². The maximum atomic E-state index is 5.71. The average molecular weight is 279 g/mol. The van der Waals surface area contributed by atoms with E-state index < -0.39 is 0 Å². The molecular formula is C17H17N3O. The second-order valence-corrected chi connectivity index (χ2v) is 5.43. The summed E-state index contributed by atoms with van der Waals surface area (Å²) >= 11 is 0. The quantitative estimate of drug-likeness (QED) is 0.750. The van der Waals surface area contributed by atoms with Crippen LogP contribution in [0.2, 0.25) is 0 Å². The van der Waals surface area contributed by atoms with Crippen molar-refractivity contribution in [3.8, 4) is 5.75 Å². The molecule has 1 atom stereocenters. The molecule has 0 saturated heterocycles. The van der Waals surface area contributed by atoms with Crippen LogP contribution in [-0.2, 0) is 0 Å². The normalized spacial score (nSPS) is 17.3. The van der Waals surface area contributed by atoms with E-state index in [1.165, 1.54) is 5.56 Å². The monoisotopic (exact) mass is 279 g/mol. The lowest BCUT2D eigenvalue weighted by Gasteiger charge is -2.27. The minimum absolute atomic E-state index is 0.288. The lowest BCUT2D eigenvalue weighted by Crippen LogP contribution is -2.20. The molecule has 4 nitrogen and oxygen atoms in total. The van der Waals surface area contributed by atoms with Gasteiger partial charge in [0.05, 0.1) is 23.7 Å². The number of rotatable bonds is 2. The molecule has 4 rings (SSSR count). The van der Waals surface area contributed by atoms with Gasteiger partial charge in [-0.2, -0.15) is 0 Å². The van der Waals surface area contributed by atoms with E-state index in [-0.39, 0.29) is 6.04 Å². The number of aromatic nitrogens is 2. The molecular weight excluding hydrogens is 262 g/mol. The van der Waals surface area contributed by atoms with E-state index in [1.54, 1.807) is 0 Å². The number of anilines is 1. The molecule has 4 heteroatoms. The highest BCUT2D eigenvalue weighted by Crippen LogP contribution is 2.34. The first kappa shape index (κ1) is 12.3. The number of aromatic amines is 1. The maximum Gasteiger partial charge on any atom is 0.124 e. The lowest BCUT2D eigenvalue weighted by molar-refractivity contribution is 0.274. The zero-order valence-corrected chi connectivity index (χ0v) is 11.9. The molecule has 0 fully saturated rings. The van der Waals surface area contributed by atoms with Gasteiger partial charge in [-0.25, -0.2) is 4.98 Å². The summed E-state index contributed by atoms with van der Waals surface area (Å²) < 4.78 is 5.71. The van der Waals surface area contributed by atoms with Crippen molar-refractivity contribution in [1.82, 2.24) is 9.97 Å². The molecule has 1 unspecified atom stereocenters. The Kier molecular flexibility index (Phi) is 2.81. The molecule has 0 amide bonds. The summed E-state index contributed by atoms with van der Waals surface area (Å²) in [5, 5.41) is 3.61. The van der Waals surface area contributed by atoms with Gasteiger partial charge < -0.3 is 15.0 Å². The van der Waals surface area contributed by atoms with Crippen molar-refractivity contribution in [3.63, 3.8) is 0 Å². The second-order valence-electron chi connectivity index (χ2n) is 5.43. The van der Waals surface area contributed by atoms with Gasteiger partial charge >= 0.3 is 0 Å². The number of nitrogens with zero attached hydrogens (tertiary/aromatic N) is 1. The predicted molar refractivity (Wildman–Crippen MR) is 83.7 cm³/mol. The average Bonchev–Trinajstić information content (AvgIpc) is 2.87. The zero-order chi connectivity index (χ0) is 14.2. The molecule has 1 aliphatic rings. The Morgan fingerprint density at radius 3 is 3.10 bits per heavy atom. The molecule has 0 radical (unpaired) electrons. The van der Waals surface area contributed by atoms with Crippen LogP contribution in [0.3, 0.4) is 0 Å². The molecule has 1 aliphatic heterocycles. The van der Waals surface area contributed by atoms with Gasteiger partial charge in [0.1, 0.15) is 11.6 Å². The van der Waals surface area contributed by atoms with Crippen LogP contribution >= 0.6 is 0 Å². The largest absolute Gasteiger partial charge is 0.493 e. The van der Waals surface area contributed by atoms with Crippen molar-refractivity contribution in [1.29, 1.82) is 0 Å². The fraction of sp³-hybridized carbons (Fsp3) is 0.235. The van der Waals surface area contributed by atoms with Crippen molar-refractivity contribution in [2.45, 2.75) is 19.4 Å². The van der Waals surface area contributed by atoms with Crippen LogP contribution < -0.4 is 10.1 Å². The standard InChI is InChI=1S/C17H17N3O/c1-11-18-15-7-6-12(10-16(15)19-11)20-14-8-9-21-17-5-3-2-4-13(14)17/h2-7,10,14,20H,8-9H2,1H3,(H,18,19). The van der Waals surface area contributed by atoms with Crippen LogP contribution in [-0.4, -0.2) is 16.6 Å². The van der Waals surface area contributed by atoms with Crippen LogP contribution in [0.25, 0.3) is 11.0 Å². The fourth-order valence-electron chi connectivity index (χ4n) is 2.92. The molecule has 1 aromatic heterocycles. The third kappa shape index (κ3) is 2.23. The number of aryl methyl sites for hydroxylation is 1. The number of benzene rings is 2. The van der Waals surface area contributed by atoms with E-state index >= 15 is 0 Å². The van der Waals surface area contributed by atoms with E-state index in [0.29, 0.717) is 0 Å². The molecule has 3 aromatic rings. The SMILES string of the molecule is Cc1nc2ccc(NC3CCOc4ccccc43)cc2[nH]1. The Balaban J connectivity index is 1.65. The Hall–Kier alpha value is -2.49. The van der Waals surface area contributed by atoms with E-state index in [1.807, 2.05) is 25.1 Å². The highest BCUT2D eigenvalue weighted by Gasteiger charge is 2.20. The highest BCUT2D eigenvalue weighted by atomic mass is 16.5. The Morgan fingerprint density at radius 1 is 1.24 bits per heavy atom. The number of hydrogen-bond donors (Lipinski definition) is 2. The molecule has 2 heterocycles. The smallest absolute Gasteiger partial charge is 0.124 e. The van der Waals surface area contributed by atoms with Crippen LogP contribution in [0.4, 0.5) is 5.69 Å². The first-order chi connectivity index (χ1) is 10.3. The summed E-state index contributed by atoms with van der Waals surface area (Å²) in [5.41, 5.74) is 4.40. The van der Waals surface area contributed by atoms with Crippen molar-refractivity contribution >= 4 is 16.7 Å². The molecule has 21 heavy (non-hydrogen) atoms. The summed E-state index contributed by atoms with van der Waals surface area (Å²) in [6.07, 6.45) is 0.969. The summed E-state index contributed by atoms with van der Waals surface area (Å²) in [6.45, 7) is 2.72. The topological polar surface area (TPSA) is 49.9 Å². The summed E-state index contributed by atoms with van der Waals surface area (Å²) in [4.78, 5) is 7.71. The predicted octanol–water partition coefficient (Wildman–Crippen LogP) is 3.81. The molecule has 0 spiro atoms. The van der Waals surface area contributed by atoms with E-state index in [9.17, 15) is 0 Å². The van der Waals surface area contributed by atoms with Crippen molar-refractivity contribution in [2.75, 3.05) is 11.9 Å². The molecule has 0 bridgehead atoms. The molecule has 2 N–H and O–H groups in total. The number of H-pyrrole nitrogens is 1. The van der Waals surface area contributed by atoms with Gasteiger partial charge in [0.15, 0.2) is 0 Å². The third-order valence-corrected chi connectivity index (χ3v) is 3.90. The fourth-order valence-corrected chi connectivity index (χ4v) is 2.92. The number of para-hydroxylation sites is 1. The minimum Gasteiger partial charge on any atom is -0.493 e. The van der Waals surface area contributed by atoms with Gasteiger partial charge in [-0.1, -0.05) is 18.2 Å². The van der Waals surface area contributed by atoms with Crippen molar-refractivity contribution < 1.29 is 4.74 Å². The molecule has 0 aliphatic carbocycles. The van der Waals surface area contributed by atoms with Crippen molar-refractivity contribution in [3.05, 3.63) is 53.9 Å². The zero-order valence-electron chi connectivity index (χ0n) is 11.9. The number of ether oxygens (including phenoxy) is 1. The Morgan fingerprint density at radius 2 is 2.14 bits per heavy atom. The third-order valence-electron chi connectivity index (χ3n) is 3.90. The summed E-state index contributed by atoms with van der Waals surface area (Å²) in [7, 11) is 0. The van der Waals surface area contributed by atoms with Crippen molar-refractivity contribution in [2.24, 2.45) is 0 Å². The number of imidazole rings is 1. The van der Waals surface area contributed by atoms with E-state index in [4.69, 9.17) is 4.74 Å². The van der Waals surface area contributed by atoms with Gasteiger partial charge in [-0.05, 0) is 31.2 Å². The van der Waals surface area contributed by atoms with Crippen LogP contribution in [0.15, 0.2) is 42.5 Å².